The summed E-state index contributed by atoms with van der Waals surface area (Å²) >= 11 is 1.07. The highest BCUT2D eigenvalue weighted by Crippen LogP contribution is 2.39. The van der Waals surface area contributed by atoms with Crippen molar-refractivity contribution in [2.45, 2.75) is 24.8 Å². The number of hydrogen-bond acceptors (Lipinski definition) is 7. The van der Waals surface area contributed by atoms with Crippen LogP contribution in [0.4, 0.5) is 10.7 Å². The van der Waals surface area contributed by atoms with Crippen LogP contribution in [0.2, 0.25) is 0 Å². The lowest BCUT2D eigenvalue weighted by atomic mass is 10.2. The van der Waals surface area contributed by atoms with Gasteiger partial charge in [0.25, 0.3) is 0 Å². The van der Waals surface area contributed by atoms with Crippen molar-refractivity contribution in [3.8, 4) is 0 Å². The van der Waals surface area contributed by atoms with E-state index in [0.717, 1.165) is 23.2 Å². The number of nitrogens with two attached hydrogens (primary N) is 1. The molecule has 0 aliphatic heterocycles. The first-order valence-electron chi connectivity index (χ1n) is 6.21. The van der Waals surface area contributed by atoms with E-state index in [1.807, 2.05) is 0 Å². The molecule has 0 aliphatic carbocycles. The molecule has 2 rings (SSSR count). The number of sulfone groups is 1. The summed E-state index contributed by atoms with van der Waals surface area (Å²) in [6.45, 7) is 2.10. The van der Waals surface area contributed by atoms with Crippen LogP contribution in [0.3, 0.4) is 0 Å². The second kappa shape index (κ2) is 5.86. The normalized spacial score (nSPS) is 11.5. The summed E-state index contributed by atoms with van der Waals surface area (Å²) in [5.41, 5.74) is 6.76. The molecule has 114 valence electrons. The number of carbonyl (C=O) groups is 1. The first kappa shape index (κ1) is 15.5. The molecule has 2 aromatic rings. The Balaban J connectivity index is 2.41. The molecule has 0 aromatic carbocycles. The molecule has 0 bridgehead atoms. The predicted octanol–water partition coefficient (Wildman–Crippen LogP) is 1.66. The minimum absolute atomic E-state index is 0.00667. The van der Waals surface area contributed by atoms with Crippen LogP contribution in [0.15, 0.2) is 17.3 Å². The molecule has 0 aliphatic rings. The molecule has 21 heavy (non-hydrogen) atoms. The van der Waals surface area contributed by atoms with Gasteiger partial charge in [-0.25, -0.2) is 8.42 Å². The number of hydrogen-bond donors (Lipinski definition) is 3. The predicted molar refractivity (Wildman–Crippen MR) is 82.4 cm³/mol. The highest BCUT2D eigenvalue weighted by molar-refractivity contribution is 7.91. The fourth-order valence-electron chi connectivity index (χ4n) is 1.84. The monoisotopic (exact) mass is 328 g/mol. The molecular weight excluding hydrogens is 312 g/mol. The van der Waals surface area contributed by atoms with Gasteiger partial charge in [0, 0.05) is 31.0 Å². The number of Topliss-reactive ketones (excluding diaryl/α,β-unsaturated/α-hetero) is 1. The van der Waals surface area contributed by atoms with Crippen LogP contribution >= 0.6 is 11.3 Å². The van der Waals surface area contributed by atoms with Gasteiger partial charge in [0.1, 0.15) is 9.90 Å². The Morgan fingerprint density at radius 3 is 2.76 bits per heavy atom. The van der Waals surface area contributed by atoms with Crippen LogP contribution in [-0.2, 0) is 16.4 Å². The smallest absolute Gasteiger partial charge is 0.180 e. The number of thiophene rings is 1. The molecule has 9 heteroatoms. The van der Waals surface area contributed by atoms with Gasteiger partial charge in [0.05, 0.1) is 16.8 Å². The van der Waals surface area contributed by atoms with Crippen LogP contribution in [0.1, 0.15) is 28.6 Å². The number of carbonyl (C=O) groups excluding carboxylic acids is 1. The number of ketones is 1. The third-order valence-electron chi connectivity index (χ3n) is 2.85. The topological polar surface area (TPSA) is 118 Å². The summed E-state index contributed by atoms with van der Waals surface area (Å²) in [4.78, 5) is 12.1. The van der Waals surface area contributed by atoms with Gasteiger partial charge in [-0.3, -0.25) is 9.89 Å². The third-order valence-corrected chi connectivity index (χ3v) is 5.35. The van der Waals surface area contributed by atoms with Gasteiger partial charge in [-0.1, -0.05) is 6.92 Å². The van der Waals surface area contributed by atoms with E-state index < -0.39 is 9.84 Å². The van der Waals surface area contributed by atoms with E-state index in [1.54, 1.807) is 19.3 Å². The first-order valence-corrected chi connectivity index (χ1v) is 8.92. The molecule has 0 radical (unpaired) electrons. The Hall–Kier alpha value is -1.87. The van der Waals surface area contributed by atoms with Gasteiger partial charge < -0.3 is 11.1 Å². The molecule has 0 saturated carbocycles. The van der Waals surface area contributed by atoms with Gasteiger partial charge in [0.2, 0.25) is 0 Å². The van der Waals surface area contributed by atoms with E-state index in [-0.39, 0.29) is 27.7 Å². The number of aromatic amines is 1. The van der Waals surface area contributed by atoms with Gasteiger partial charge in [0.15, 0.2) is 15.6 Å². The molecule has 0 atom stereocenters. The fourth-order valence-corrected chi connectivity index (χ4v) is 4.41. The summed E-state index contributed by atoms with van der Waals surface area (Å²) in [5.74, 6) is -0.168. The maximum atomic E-state index is 11.9. The number of nitrogen functional groups attached to an aromatic ring is 1. The quantitative estimate of drug-likeness (QED) is 0.694. The van der Waals surface area contributed by atoms with Crippen molar-refractivity contribution in [1.29, 1.82) is 0 Å². The molecule has 0 amide bonds. The van der Waals surface area contributed by atoms with Crippen molar-refractivity contribution < 1.29 is 13.2 Å². The van der Waals surface area contributed by atoms with Crippen molar-refractivity contribution in [1.82, 2.24) is 10.2 Å². The van der Waals surface area contributed by atoms with Gasteiger partial charge in [-0.05, 0) is 0 Å². The molecule has 0 unspecified atom stereocenters. The maximum Gasteiger partial charge on any atom is 0.180 e. The van der Waals surface area contributed by atoms with Crippen LogP contribution in [0, 0.1) is 0 Å². The molecule has 0 saturated heterocycles. The van der Waals surface area contributed by atoms with E-state index in [9.17, 15) is 13.2 Å². The van der Waals surface area contributed by atoms with Crippen LogP contribution in [0.25, 0.3) is 0 Å². The van der Waals surface area contributed by atoms with Gasteiger partial charge in [-0.15, -0.1) is 11.3 Å². The molecule has 2 aromatic heterocycles. The Morgan fingerprint density at radius 2 is 2.24 bits per heavy atom. The Labute approximate surface area is 126 Å². The second-order valence-electron chi connectivity index (χ2n) is 4.51. The van der Waals surface area contributed by atoms with E-state index in [4.69, 9.17) is 5.73 Å². The van der Waals surface area contributed by atoms with Crippen LogP contribution < -0.4 is 11.1 Å². The number of nitrogens with zero attached hydrogens (tertiary/aromatic N) is 1. The Kier molecular flexibility index (Phi) is 4.33. The van der Waals surface area contributed by atoms with E-state index in [2.05, 4.69) is 15.5 Å². The van der Waals surface area contributed by atoms with E-state index in [1.165, 1.54) is 0 Å². The standard InChI is InChI=1S/C12H16N4O3S2/c1-3-8(17)10-9(13)11(21(2,18)19)12(20-10)14-4-7-5-15-16-6-7/h5-6,14H,3-4,13H2,1-2H3,(H,15,16). The summed E-state index contributed by atoms with van der Waals surface area (Å²) < 4.78 is 23.8. The molecule has 0 fully saturated rings. The average Bonchev–Trinajstić information content (AvgIpc) is 3.02. The average molecular weight is 328 g/mol. The van der Waals surface area contributed by atoms with Gasteiger partial charge >= 0.3 is 0 Å². The third kappa shape index (κ3) is 3.24. The minimum atomic E-state index is -3.53. The van der Waals surface area contributed by atoms with Crippen molar-refractivity contribution in [3.63, 3.8) is 0 Å². The first-order chi connectivity index (χ1) is 9.84. The summed E-state index contributed by atoms with van der Waals surface area (Å²) in [5, 5.41) is 9.87. The number of aromatic nitrogens is 2. The van der Waals surface area contributed by atoms with Crippen molar-refractivity contribution in [3.05, 3.63) is 22.8 Å². The zero-order valence-corrected chi connectivity index (χ0v) is 13.3. The zero-order chi connectivity index (χ0) is 15.6. The molecule has 0 spiro atoms. The lowest BCUT2D eigenvalue weighted by Gasteiger charge is -2.05. The summed E-state index contributed by atoms with van der Waals surface area (Å²) in [6.07, 6.45) is 4.67. The van der Waals surface area contributed by atoms with E-state index in [0.29, 0.717) is 11.5 Å². The van der Waals surface area contributed by atoms with Crippen LogP contribution in [-0.4, -0.2) is 30.7 Å². The largest absolute Gasteiger partial charge is 0.396 e. The number of anilines is 2. The minimum Gasteiger partial charge on any atom is -0.396 e. The second-order valence-corrected chi connectivity index (χ2v) is 7.49. The fraction of sp³-hybridized carbons (Fsp3) is 0.333. The molecule has 4 N–H and O–H groups in total. The highest BCUT2D eigenvalue weighted by atomic mass is 32.2. The maximum absolute atomic E-state index is 11.9. The summed E-state index contributed by atoms with van der Waals surface area (Å²) in [6, 6.07) is 0. The SMILES string of the molecule is CCC(=O)c1sc(NCc2cn[nH]c2)c(S(C)(=O)=O)c1N. The van der Waals surface area contributed by atoms with Crippen molar-refractivity contribution in [2.75, 3.05) is 17.3 Å². The molecule has 7 nitrogen and oxygen atoms in total. The zero-order valence-electron chi connectivity index (χ0n) is 11.6. The molecular formula is C12H16N4O3S2. The van der Waals surface area contributed by atoms with Crippen molar-refractivity contribution >= 4 is 37.6 Å². The lowest BCUT2D eigenvalue weighted by molar-refractivity contribution is 0.0992. The van der Waals surface area contributed by atoms with Crippen molar-refractivity contribution in [2.24, 2.45) is 0 Å². The highest BCUT2D eigenvalue weighted by Gasteiger charge is 2.26. The number of nitrogens with one attached hydrogen (secondary N) is 2. The summed E-state index contributed by atoms with van der Waals surface area (Å²) in [7, 11) is -3.53. The number of H-pyrrole nitrogens is 1. The van der Waals surface area contributed by atoms with Gasteiger partial charge in [-0.2, -0.15) is 5.10 Å². The Morgan fingerprint density at radius 1 is 1.52 bits per heavy atom. The van der Waals surface area contributed by atoms with Crippen LogP contribution in [0.5, 0.6) is 0 Å². The lowest BCUT2D eigenvalue weighted by Crippen LogP contribution is -2.06. The van der Waals surface area contributed by atoms with E-state index >= 15 is 0 Å². The number of rotatable bonds is 6. The molecule has 2 heterocycles. The Bertz CT molecular complexity index is 748.